The average Bonchev–Trinajstić information content (AvgIpc) is 3.57. The van der Waals surface area contributed by atoms with Crippen LogP contribution in [0.25, 0.3) is 11.1 Å². The van der Waals surface area contributed by atoms with Crippen LogP contribution in [0.4, 0.5) is 0 Å². The van der Waals surface area contributed by atoms with Crippen LogP contribution in [-0.2, 0) is 51.2 Å². The number of hydrogen-bond donors (Lipinski definition) is 17. The van der Waals surface area contributed by atoms with Crippen molar-refractivity contribution in [2.75, 3.05) is 39.4 Å². The zero-order chi connectivity index (χ0) is 60.0. The molecule has 0 spiro atoms. The monoisotopic (exact) mass is 1140 g/mol. The van der Waals surface area contributed by atoms with E-state index >= 15 is 0 Å². The average molecular weight is 1140 g/mol. The Balaban J connectivity index is 1.86. The zero-order valence-corrected chi connectivity index (χ0v) is 45.8. The van der Waals surface area contributed by atoms with Crippen molar-refractivity contribution in [3.8, 4) is 11.1 Å². The minimum atomic E-state index is -1.75. The van der Waals surface area contributed by atoms with Gasteiger partial charge in [0.15, 0.2) is 17.9 Å². The molecule has 3 aromatic carbocycles. The molecule has 446 valence electrons. The molecule has 8 amide bonds. The van der Waals surface area contributed by atoms with E-state index in [-0.39, 0.29) is 108 Å². The number of nitrogens with one attached hydrogen (secondary N) is 8. The van der Waals surface area contributed by atoms with Gasteiger partial charge in [-0.3, -0.25) is 53.3 Å². The maximum atomic E-state index is 14.6. The maximum Gasteiger partial charge on any atom is 0.245 e. The number of aliphatic imine (C=N–C) groups is 3. The van der Waals surface area contributed by atoms with Crippen LogP contribution < -0.4 is 82.7 Å². The van der Waals surface area contributed by atoms with Gasteiger partial charge in [0, 0.05) is 32.5 Å². The van der Waals surface area contributed by atoms with E-state index in [1.807, 2.05) is 30.3 Å². The molecule has 28 heteroatoms. The predicted molar refractivity (Wildman–Crippen MR) is 308 cm³/mol. The fourth-order valence-electron chi connectivity index (χ4n) is 8.61. The number of aliphatic hydroxyl groups is 2. The van der Waals surface area contributed by atoms with Crippen molar-refractivity contribution in [1.82, 2.24) is 42.5 Å². The van der Waals surface area contributed by atoms with Gasteiger partial charge in [0.2, 0.25) is 47.3 Å². The molecule has 0 aromatic heterocycles. The number of nitrogens with zero attached hydrogens (tertiary/aromatic N) is 3. The lowest BCUT2D eigenvalue weighted by Gasteiger charge is -2.29. The highest BCUT2D eigenvalue weighted by molar-refractivity contribution is 5.99. The zero-order valence-electron chi connectivity index (χ0n) is 45.8. The summed E-state index contributed by atoms with van der Waals surface area (Å²) in [5.74, 6) is -8.26. The quantitative estimate of drug-likeness (QED) is 0.0241. The van der Waals surface area contributed by atoms with Gasteiger partial charge in [-0.05, 0) is 86.6 Å². The van der Waals surface area contributed by atoms with Gasteiger partial charge < -0.3 is 92.9 Å². The summed E-state index contributed by atoms with van der Waals surface area (Å²) in [6, 6.07) is 12.7. The Labute approximate surface area is 475 Å². The second-order valence-corrected chi connectivity index (χ2v) is 19.4. The molecule has 8 atom stereocenters. The van der Waals surface area contributed by atoms with E-state index in [1.54, 1.807) is 54.6 Å². The van der Waals surface area contributed by atoms with Crippen LogP contribution in [0.5, 0.6) is 0 Å². The summed E-state index contributed by atoms with van der Waals surface area (Å²) in [4.78, 5) is 127. The predicted octanol–water partition coefficient (Wildman–Crippen LogP) is -4.69. The minimum absolute atomic E-state index is 0.00926. The van der Waals surface area contributed by atoms with Crippen LogP contribution in [-0.4, -0.2) is 163 Å². The van der Waals surface area contributed by atoms with E-state index in [2.05, 4.69) is 57.5 Å². The SMILES string of the molecule is NCCCC[C@@H]1NC(=O)[C@H](CCCN=C(N)N)NC(=O)[C@H](CCCN=C(N)N)NC(=O)[C@@H](CCCN=C(N)N)NC(=O)[C@@H](Cc2ccccc2)NC(=O)[C@H](CO)NC(=O)[C@H](Cc2ccc(-c3ccccc3)cc2)NC(=O)[C@H](CO)NC1=O. The molecule has 0 saturated carbocycles. The van der Waals surface area contributed by atoms with E-state index in [1.165, 1.54) is 0 Å². The third kappa shape index (κ3) is 23.1. The fourth-order valence-corrected chi connectivity index (χ4v) is 8.61. The van der Waals surface area contributed by atoms with E-state index in [4.69, 9.17) is 40.1 Å². The molecule has 0 unspecified atom stereocenters. The van der Waals surface area contributed by atoms with Crippen LogP contribution in [0.2, 0.25) is 0 Å². The molecule has 24 N–H and O–H groups in total. The molecule has 3 aromatic rings. The van der Waals surface area contributed by atoms with Crippen molar-refractivity contribution >= 4 is 65.1 Å². The number of guanidine groups is 3. The van der Waals surface area contributed by atoms with Gasteiger partial charge in [-0.15, -0.1) is 0 Å². The number of aliphatic hydroxyl groups excluding tert-OH is 2. The van der Waals surface area contributed by atoms with Crippen molar-refractivity contribution < 1.29 is 48.6 Å². The van der Waals surface area contributed by atoms with Gasteiger partial charge in [0.05, 0.1) is 13.2 Å². The van der Waals surface area contributed by atoms with Crippen molar-refractivity contribution in [1.29, 1.82) is 0 Å². The van der Waals surface area contributed by atoms with Crippen LogP contribution in [0.3, 0.4) is 0 Å². The van der Waals surface area contributed by atoms with Crippen LogP contribution in [0.1, 0.15) is 68.9 Å². The molecule has 4 rings (SSSR count). The van der Waals surface area contributed by atoms with Crippen molar-refractivity contribution in [2.24, 2.45) is 55.1 Å². The Kier molecular flexibility index (Phi) is 28.0. The number of carbonyl (C=O) groups excluding carboxylic acids is 8. The summed E-state index contributed by atoms with van der Waals surface area (Å²) in [5, 5.41) is 42.1. The first kappa shape index (κ1) is 65.6. The van der Waals surface area contributed by atoms with Crippen LogP contribution >= 0.6 is 0 Å². The summed E-state index contributed by atoms with van der Waals surface area (Å²) >= 11 is 0. The summed E-state index contributed by atoms with van der Waals surface area (Å²) in [7, 11) is 0. The largest absolute Gasteiger partial charge is 0.394 e. The lowest BCUT2D eigenvalue weighted by molar-refractivity contribution is -0.137. The Morgan fingerprint density at radius 1 is 0.354 bits per heavy atom. The third-order valence-electron chi connectivity index (χ3n) is 13.0. The van der Waals surface area contributed by atoms with Gasteiger partial charge in [-0.25, -0.2) is 0 Å². The number of nitrogens with two attached hydrogens (primary N) is 7. The highest BCUT2D eigenvalue weighted by Crippen LogP contribution is 2.20. The molecule has 1 saturated heterocycles. The number of amides is 8. The molecule has 82 heavy (non-hydrogen) atoms. The highest BCUT2D eigenvalue weighted by atomic mass is 16.3. The van der Waals surface area contributed by atoms with Gasteiger partial charge >= 0.3 is 0 Å². The molecule has 1 aliphatic rings. The molecule has 1 heterocycles. The van der Waals surface area contributed by atoms with E-state index in [0.29, 0.717) is 17.5 Å². The number of unbranched alkanes of at least 4 members (excludes halogenated alkanes) is 1. The van der Waals surface area contributed by atoms with Gasteiger partial charge in [0.25, 0.3) is 0 Å². The molecule has 1 aliphatic heterocycles. The minimum Gasteiger partial charge on any atom is -0.394 e. The van der Waals surface area contributed by atoms with Gasteiger partial charge in [0.1, 0.15) is 48.3 Å². The van der Waals surface area contributed by atoms with Crippen LogP contribution in [0.15, 0.2) is 99.9 Å². The highest BCUT2D eigenvalue weighted by Gasteiger charge is 2.36. The molecule has 1 fully saturated rings. The number of rotatable bonds is 23. The summed E-state index contributed by atoms with van der Waals surface area (Å²) < 4.78 is 0. The fraction of sp³-hybridized carbons (Fsp3) is 0.463. The molecular formula is C54H80N18O10. The topological polar surface area (TPSA) is 492 Å². The van der Waals surface area contributed by atoms with E-state index in [0.717, 1.165) is 11.1 Å². The number of hydrogen-bond acceptors (Lipinski definition) is 14. The first-order valence-corrected chi connectivity index (χ1v) is 27.0. The third-order valence-corrected chi connectivity index (χ3v) is 13.0. The standard InChI is InChI=1S/C54H80N18O10/c55-24-8-7-16-36-47(78)71-42(30-73)50(81)70-41(29-33-20-22-35(23-21-33)34-14-5-2-6-15-34)49(80)72-43(31-74)51(82)69-40(28-32-12-3-1-4-13-32)48(79)68-39(19-11-27-64-54(60)61)46(77)67-38(18-10-26-63-53(58)59)45(76)66-37(44(75)65-36)17-9-25-62-52(56)57/h1-6,12-15,20-23,36-43,73-74H,7-11,16-19,24-31,55H2,(H,65,75)(H,66,76)(H,67,77)(H,68,79)(H,69,82)(H,70,81)(H,71,78)(H,72,80)(H4,56,57,62)(H4,58,59,63)(H4,60,61,64)/t36-,37-,38-,39+,40+,41-,42-,43-/m0/s1. The Morgan fingerprint density at radius 3 is 0.976 bits per heavy atom. The first-order valence-electron chi connectivity index (χ1n) is 27.0. The lowest BCUT2D eigenvalue weighted by atomic mass is 9.99. The smallest absolute Gasteiger partial charge is 0.245 e. The summed E-state index contributed by atoms with van der Waals surface area (Å²) in [6.45, 7) is -1.75. The number of carbonyl (C=O) groups is 8. The Hall–Kier alpha value is -8.89. The molecule has 0 radical (unpaired) electrons. The Bertz CT molecular complexity index is 2650. The van der Waals surface area contributed by atoms with Crippen LogP contribution in [0, 0.1) is 0 Å². The molecular weight excluding hydrogens is 1060 g/mol. The van der Waals surface area contributed by atoms with Crippen molar-refractivity contribution in [2.45, 2.75) is 119 Å². The van der Waals surface area contributed by atoms with E-state index in [9.17, 15) is 48.6 Å². The number of benzene rings is 3. The maximum absolute atomic E-state index is 14.6. The first-order chi connectivity index (χ1) is 39.3. The lowest BCUT2D eigenvalue weighted by Crippen LogP contribution is -2.62. The van der Waals surface area contributed by atoms with E-state index < -0.39 is 109 Å². The van der Waals surface area contributed by atoms with Crippen molar-refractivity contribution in [3.63, 3.8) is 0 Å². The van der Waals surface area contributed by atoms with Gasteiger partial charge in [-0.2, -0.15) is 0 Å². The molecule has 28 nitrogen and oxygen atoms in total. The molecule has 0 bridgehead atoms. The summed E-state index contributed by atoms with van der Waals surface area (Å²) in [5.41, 5.74) is 42.0. The normalized spacial score (nSPS) is 21.7. The van der Waals surface area contributed by atoms with Crippen molar-refractivity contribution in [3.05, 3.63) is 96.1 Å². The second-order valence-electron chi connectivity index (χ2n) is 19.4. The summed E-state index contributed by atoms with van der Waals surface area (Å²) in [6.07, 6.45) is 0.244. The molecule has 0 aliphatic carbocycles. The Morgan fingerprint density at radius 2 is 0.634 bits per heavy atom. The second kappa shape index (κ2) is 35.0. The van der Waals surface area contributed by atoms with Gasteiger partial charge in [-0.1, -0.05) is 84.9 Å².